The van der Waals surface area contributed by atoms with Crippen LogP contribution in [0.5, 0.6) is 0 Å². The molecule has 120 valence electrons. The van der Waals surface area contributed by atoms with Crippen molar-refractivity contribution >= 4 is 31.8 Å². The van der Waals surface area contributed by atoms with Gasteiger partial charge in [-0.05, 0) is 35.9 Å². The quantitative estimate of drug-likeness (QED) is 0.722. The molecule has 0 aliphatic rings. The summed E-state index contributed by atoms with van der Waals surface area (Å²) in [5.41, 5.74) is 0.561. The Kier molecular flexibility index (Phi) is 5.50. The Bertz CT molecular complexity index is 985. The van der Waals surface area contributed by atoms with Crippen LogP contribution in [0.3, 0.4) is 0 Å². The third-order valence-electron chi connectivity index (χ3n) is 3.13. The third kappa shape index (κ3) is 4.29. The van der Waals surface area contributed by atoms with Gasteiger partial charge in [-0.2, -0.15) is 10.5 Å². The standard InChI is InChI=1S/C17H10BrFN2O2S/c18-15-5-2-12(3-6-15)11-24(22,23)16(10-21)8-14-4-1-13(9-20)7-17(14)19/h1-8H,11H2/b16-8-. The first-order chi connectivity index (χ1) is 11.4. The summed E-state index contributed by atoms with van der Waals surface area (Å²) in [6, 6.07) is 13.6. The van der Waals surface area contributed by atoms with Gasteiger partial charge in [0.1, 0.15) is 16.8 Å². The second-order valence-corrected chi connectivity index (χ2v) is 7.73. The van der Waals surface area contributed by atoms with E-state index in [-0.39, 0.29) is 16.9 Å². The predicted molar refractivity (Wildman–Crippen MR) is 91.5 cm³/mol. The summed E-state index contributed by atoms with van der Waals surface area (Å²) in [5, 5.41) is 17.9. The molecule has 0 aromatic heterocycles. The molecule has 7 heteroatoms. The molecule has 0 saturated carbocycles. The lowest BCUT2D eigenvalue weighted by molar-refractivity contribution is 0.602. The normalized spacial score (nSPS) is 11.6. The van der Waals surface area contributed by atoms with Crippen molar-refractivity contribution in [2.45, 2.75) is 5.75 Å². The highest BCUT2D eigenvalue weighted by Gasteiger charge is 2.19. The summed E-state index contributed by atoms with van der Waals surface area (Å²) >= 11 is 3.25. The maximum absolute atomic E-state index is 13.9. The number of hydrogen-bond donors (Lipinski definition) is 0. The van der Waals surface area contributed by atoms with E-state index in [9.17, 15) is 12.8 Å². The molecular formula is C17H10BrFN2O2S. The Labute approximate surface area is 147 Å². The van der Waals surface area contributed by atoms with E-state index in [4.69, 9.17) is 10.5 Å². The second kappa shape index (κ2) is 7.39. The Morgan fingerprint density at radius 2 is 1.83 bits per heavy atom. The van der Waals surface area contributed by atoms with Crippen LogP contribution in [0.15, 0.2) is 51.8 Å². The van der Waals surface area contributed by atoms with Crippen molar-refractivity contribution in [1.29, 1.82) is 10.5 Å². The lowest BCUT2D eigenvalue weighted by Gasteiger charge is -2.04. The van der Waals surface area contributed by atoms with Crippen LogP contribution in [0.2, 0.25) is 0 Å². The summed E-state index contributed by atoms with van der Waals surface area (Å²) in [4.78, 5) is -0.533. The fourth-order valence-electron chi connectivity index (χ4n) is 1.92. The summed E-state index contributed by atoms with van der Waals surface area (Å²) < 4.78 is 39.4. The minimum Gasteiger partial charge on any atom is -0.223 e. The third-order valence-corrected chi connectivity index (χ3v) is 5.25. The van der Waals surface area contributed by atoms with Crippen LogP contribution in [0.4, 0.5) is 4.39 Å². The zero-order valence-electron chi connectivity index (χ0n) is 12.2. The number of nitrogens with zero attached hydrogens (tertiary/aromatic N) is 2. The zero-order valence-corrected chi connectivity index (χ0v) is 14.6. The van der Waals surface area contributed by atoms with Gasteiger partial charge in [-0.1, -0.05) is 34.1 Å². The van der Waals surface area contributed by atoms with Gasteiger partial charge in [-0.15, -0.1) is 0 Å². The minimum atomic E-state index is -3.92. The molecule has 4 nitrogen and oxygen atoms in total. The first kappa shape index (κ1) is 17.9. The van der Waals surface area contributed by atoms with Crippen molar-refractivity contribution in [2.24, 2.45) is 0 Å². The number of allylic oxidation sites excluding steroid dienone is 1. The molecule has 0 aliphatic heterocycles. The van der Waals surface area contributed by atoms with E-state index in [0.29, 0.717) is 5.56 Å². The van der Waals surface area contributed by atoms with Crippen molar-refractivity contribution in [3.05, 3.63) is 74.4 Å². The Balaban J connectivity index is 2.38. The van der Waals surface area contributed by atoms with Crippen LogP contribution < -0.4 is 0 Å². The van der Waals surface area contributed by atoms with E-state index in [0.717, 1.165) is 16.6 Å². The summed E-state index contributed by atoms with van der Waals surface area (Å²) in [6.45, 7) is 0. The van der Waals surface area contributed by atoms with E-state index in [1.807, 2.05) is 0 Å². The number of benzene rings is 2. The highest BCUT2D eigenvalue weighted by atomic mass is 79.9. The predicted octanol–water partition coefficient (Wildman–Crippen LogP) is 3.94. The lowest BCUT2D eigenvalue weighted by Crippen LogP contribution is -2.06. The van der Waals surface area contributed by atoms with Gasteiger partial charge in [0.15, 0.2) is 9.84 Å². The highest BCUT2D eigenvalue weighted by Crippen LogP contribution is 2.20. The molecule has 0 unspecified atom stereocenters. The summed E-state index contributed by atoms with van der Waals surface area (Å²) in [7, 11) is -3.92. The van der Waals surface area contributed by atoms with Gasteiger partial charge in [-0.3, -0.25) is 0 Å². The number of nitriles is 2. The molecule has 2 rings (SSSR count). The van der Waals surface area contributed by atoms with Crippen LogP contribution in [0, 0.1) is 28.5 Å². The van der Waals surface area contributed by atoms with E-state index >= 15 is 0 Å². The van der Waals surface area contributed by atoms with Gasteiger partial charge in [0.2, 0.25) is 0 Å². The van der Waals surface area contributed by atoms with Gasteiger partial charge in [0.25, 0.3) is 0 Å². The maximum atomic E-state index is 13.9. The highest BCUT2D eigenvalue weighted by molar-refractivity contribution is 9.10. The van der Waals surface area contributed by atoms with E-state index in [1.54, 1.807) is 36.4 Å². The molecule has 2 aromatic carbocycles. The lowest BCUT2D eigenvalue weighted by atomic mass is 10.1. The molecule has 0 spiro atoms. The fraction of sp³-hybridized carbons (Fsp3) is 0.0588. The molecule has 0 bridgehead atoms. The molecule has 0 aliphatic carbocycles. The molecule has 0 N–H and O–H groups in total. The number of hydrogen-bond acceptors (Lipinski definition) is 4. The van der Waals surface area contributed by atoms with E-state index in [2.05, 4.69) is 15.9 Å². The molecule has 0 heterocycles. The van der Waals surface area contributed by atoms with Crippen LogP contribution in [-0.2, 0) is 15.6 Å². The van der Waals surface area contributed by atoms with Gasteiger partial charge >= 0.3 is 0 Å². The first-order valence-electron chi connectivity index (χ1n) is 6.64. The molecule has 0 atom stereocenters. The zero-order chi connectivity index (χ0) is 17.7. The fourth-order valence-corrected chi connectivity index (χ4v) is 3.42. The molecule has 0 radical (unpaired) electrons. The first-order valence-corrected chi connectivity index (χ1v) is 9.09. The molecule has 0 fully saturated rings. The van der Waals surface area contributed by atoms with Crippen molar-refractivity contribution in [3.8, 4) is 12.1 Å². The van der Waals surface area contributed by atoms with Gasteiger partial charge in [0, 0.05) is 10.0 Å². The van der Waals surface area contributed by atoms with Gasteiger partial charge < -0.3 is 0 Å². The van der Waals surface area contributed by atoms with Crippen LogP contribution >= 0.6 is 15.9 Å². The average molecular weight is 405 g/mol. The topological polar surface area (TPSA) is 81.7 Å². The summed E-state index contributed by atoms with van der Waals surface area (Å²) in [6.07, 6.45) is 0.977. The van der Waals surface area contributed by atoms with Gasteiger partial charge in [-0.25, -0.2) is 12.8 Å². The number of sulfone groups is 1. The number of halogens is 2. The average Bonchev–Trinajstić information content (AvgIpc) is 2.55. The molecule has 0 amide bonds. The smallest absolute Gasteiger partial charge is 0.192 e. The monoisotopic (exact) mass is 404 g/mol. The number of rotatable bonds is 4. The van der Waals surface area contributed by atoms with Crippen molar-refractivity contribution in [1.82, 2.24) is 0 Å². The molecule has 2 aromatic rings. The van der Waals surface area contributed by atoms with Crippen LogP contribution in [0.1, 0.15) is 16.7 Å². The van der Waals surface area contributed by atoms with Crippen molar-refractivity contribution in [3.63, 3.8) is 0 Å². The minimum absolute atomic E-state index is 0.0649. The van der Waals surface area contributed by atoms with Crippen molar-refractivity contribution in [2.75, 3.05) is 0 Å². The van der Waals surface area contributed by atoms with Gasteiger partial charge in [0.05, 0.1) is 17.4 Å². The largest absolute Gasteiger partial charge is 0.223 e. The molecule has 24 heavy (non-hydrogen) atoms. The van der Waals surface area contributed by atoms with Crippen molar-refractivity contribution < 1.29 is 12.8 Å². The van der Waals surface area contributed by atoms with E-state index in [1.165, 1.54) is 12.1 Å². The Morgan fingerprint density at radius 3 is 2.38 bits per heavy atom. The van der Waals surface area contributed by atoms with E-state index < -0.39 is 20.6 Å². The van der Waals surface area contributed by atoms with Crippen LogP contribution in [0.25, 0.3) is 6.08 Å². The molecule has 0 saturated heterocycles. The Morgan fingerprint density at radius 1 is 1.17 bits per heavy atom. The maximum Gasteiger partial charge on any atom is 0.192 e. The second-order valence-electron chi connectivity index (χ2n) is 4.85. The molecular weight excluding hydrogens is 395 g/mol. The Hall–Kier alpha value is -2.48. The van der Waals surface area contributed by atoms with Crippen LogP contribution in [-0.4, -0.2) is 8.42 Å². The summed E-state index contributed by atoms with van der Waals surface area (Å²) in [5.74, 6) is -1.13. The SMILES string of the molecule is N#C/C(=C/c1ccc(C#N)cc1F)S(=O)(=O)Cc1ccc(Br)cc1.